The number of benzene rings is 2. The molecule has 1 N–H and O–H groups in total. The Morgan fingerprint density at radius 2 is 1.97 bits per heavy atom. The third kappa shape index (κ3) is 6.03. The molecule has 0 aliphatic carbocycles. The van der Waals surface area contributed by atoms with Crippen molar-refractivity contribution < 1.29 is 19.3 Å². The van der Waals surface area contributed by atoms with Gasteiger partial charge in [-0.25, -0.2) is 0 Å². The number of hydrogen-bond donors (Lipinski definition) is 1. The first-order valence-corrected chi connectivity index (χ1v) is 11.5. The summed E-state index contributed by atoms with van der Waals surface area (Å²) in [6.07, 6.45) is 4.88. The Balaban J connectivity index is 1.66. The minimum absolute atomic E-state index is 0.0405. The highest BCUT2D eigenvalue weighted by atomic mass is 16.7. The number of aromatic nitrogens is 1. The second kappa shape index (κ2) is 11.2. The summed E-state index contributed by atoms with van der Waals surface area (Å²) < 4.78 is 19.9. The lowest BCUT2D eigenvalue weighted by Crippen LogP contribution is -2.25. The molecule has 1 fully saturated rings. The van der Waals surface area contributed by atoms with Gasteiger partial charge in [-0.2, -0.15) is 0 Å². The molecule has 0 radical (unpaired) electrons. The normalized spacial score (nSPS) is 15.9. The Hall–Kier alpha value is -3.09. The lowest BCUT2D eigenvalue weighted by molar-refractivity contribution is -0.106. The summed E-state index contributed by atoms with van der Waals surface area (Å²) in [5.41, 5.74) is 3.54. The van der Waals surface area contributed by atoms with Crippen LogP contribution < -0.4 is 14.9 Å². The largest absolute Gasteiger partial charge is 0.483 e. The van der Waals surface area contributed by atoms with Crippen molar-refractivity contribution >= 4 is 0 Å². The van der Waals surface area contributed by atoms with Crippen molar-refractivity contribution in [3.8, 4) is 11.5 Å². The first kappa shape index (κ1) is 23.1. The quantitative estimate of drug-likeness (QED) is 0.530. The molecule has 0 spiro atoms. The Morgan fingerprint density at radius 1 is 1.12 bits per heavy atom. The standard InChI is InChI=1S/C27H31NO5/c1-20-10-11-22(25(17-20)33-26-9-5-6-16-31-26)18-23-27(24(30)12-13-28(23)14-15-29)32-19-21-7-3-2-4-8-21/h2-4,7-8,10-13,17,26,29H,5-6,9,14-16,18-19H2,1H3. The van der Waals surface area contributed by atoms with E-state index in [0.29, 0.717) is 37.6 Å². The molecule has 2 heterocycles. The van der Waals surface area contributed by atoms with Crippen LogP contribution in [0.4, 0.5) is 0 Å². The topological polar surface area (TPSA) is 69.9 Å². The van der Waals surface area contributed by atoms with Crippen molar-refractivity contribution in [3.05, 3.63) is 93.4 Å². The smallest absolute Gasteiger partial charge is 0.223 e. The molecule has 1 aliphatic rings. The molecule has 1 saturated heterocycles. The van der Waals surface area contributed by atoms with Crippen LogP contribution in [0, 0.1) is 6.92 Å². The van der Waals surface area contributed by atoms with E-state index < -0.39 is 0 Å². The Morgan fingerprint density at radius 3 is 2.73 bits per heavy atom. The van der Waals surface area contributed by atoms with E-state index in [4.69, 9.17) is 14.2 Å². The molecule has 6 nitrogen and oxygen atoms in total. The highest BCUT2D eigenvalue weighted by Gasteiger charge is 2.20. The average Bonchev–Trinajstić information content (AvgIpc) is 2.83. The molecule has 1 atom stereocenters. The number of hydrogen-bond acceptors (Lipinski definition) is 5. The summed E-state index contributed by atoms with van der Waals surface area (Å²) in [5.74, 6) is 1.05. The lowest BCUT2D eigenvalue weighted by atomic mass is 10.0. The van der Waals surface area contributed by atoms with Gasteiger partial charge in [0.05, 0.1) is 18.9 Å². The van der Waals surface area contributed by atoms with Gasteiger partial charge in [0.2, 0.25) is 5.43 Å². The van der Waals surface area contributed by atoms with Gasteiger partial charge >= 0.3 is 0 Å². The summed E-state index contributed by atoms with van der Waals surface area (Å²) in [7, 11) is 0. The van der Waals surface area contributed by atoms with Crippen LogP contribution in [0.25, 0.3) is 0 Å². The first-order chi connectivity index (χ1) is 16.1. The minimum Gasteiger partial charge on any atom is -0.483 e. The van der Waals surface area contributed by atoms with Gasteiger partial charge in [0.25, 0.3) is 0 Å². The molecule has 3 aromatic rings. The number of aryl methyl sites for hydroxylation is 1. The Kier molecular flexibility index (Phi) is 7.81. The molecule has 4 rings (SSSR count). The molecule has 2 aromatic carbocycles. The minimum atomic E-state index is -0.261. The summed E-state index contributed by atoms with van der Waals surface area (Å²) in [6, 6.07) is 17.3. The van der Waals surface area contributed by atoms with Crippen LogP contribution in [0.3, 0.4) is 0 Å². The number of pyridine rings is 1. The van der Waals surface area contributed by atoms with Crippen molar-refractivity contribution in [1.29, 1.82) is 0 Å². The zero-order valence-electron chi connectivity index (χ0n) is 19.0. The van der Waals surface area contributed by atoms with Gasteiger partial charge in [-0.3, -0.25) is 4.79 Å². The van der Waals surface area contributed by atoms with Crippen molar-refractivity contribution in [1.82, 2.24) is 4.57 Å². The van der Waals surface area contributed by atoms with Gasteiger partial charge in [-0.15, -0.1) is 0 Å². The van der Waals surface area contributed by atoms with E-state index in [1.165, 1.54) is 6.07 Å². The Labute approximate surface area is 194 Å². The second-order valence-electron chi connectivity index (χ2n) is 8.35. The number of aliphatic hydroxyl groups excluding tert-OH is 1. The van der Waals surface area contributed by atoms with Gasteiger partial charge in [0.15, 0.2) is 12.0 Å². The first-order valence-electron chi connectivity index (χ1n) is 11.5. The van der Waals surface area contributed by atoms with E-state index in [0.717, 1.165) is 41.7 Å². The molecule has 1 unspecified atom stereocenters. The molecule has 33 heavy (non-hydrogen) atoms. The van der Waals surface area contributed by atoms with Crippen molar-refractivity contribution in [2.45, 2.75) is 52.0 Å². The molecular weight excluding hydrogens is 418 g/mol. The maximum absolute atomic E-state index is 12.8. The van der Waals surface area contributed by atoms with E-state index in [-0.39, 0.29) is 18.3 Å². The van der Waals surface area contributed by atoms with Crippen LogP contribution >= 0.6 is 0 Å². The van der Waals surface area contributed by atoms with Crippen molar-refractivity contribution in [2.24, 2.45) is 0 Å². The summed E-state index contributed by atoms with van der Waals surface area (Å²) in [6.45, 7) is 3.35. The fraction of sp³-hybridized carbons (Fsp3) is 0.370. The average molecular weight is 450 g/mol. The second-order valence-corrected chi connectivity index (χ2v) is 8.35. The molecule has 0 amide bonds. The van der Waals surface area contributed by atoms with E-state index in [2.05, 4.69) is 0 Å². The number of nitrogens with zero attached hydrogens (tertiary/aromatic N) is 1. The predicted molar refractivity (Wildman–Crippen MR) is 127 cm³/mol. The van der Waals surface area contributed by atoms with Gasteiger partial charge in [-0.1, -0.05) is 42.5 Å². The highest BCUT2D eigenvalue weighted by molar-refractivity contribution is 5.42. The zero-order chi connectivity index (χ0) is 23.0. The van der Waals surface area contributed by atoms with Gasteiger partial charge < -0.3 is 23.9 Å². The van der Waals surface area contributed by atoms with E-state index in [9.17, 15) is 9.90 Å². The number of ether oxygens (including phenoxy) is 3. The van der Waals surface area contributed by atoms with Gasteiger partial charge in [0, 0.05) is 37.2 Å². The molecule has 174 valence electrons. The lowest BCUT2D eigenvalue weighted by Gasteiger charge is -2.25. The van der Waals surface area contributed by atoms with E-state index >= 15 is 0 Å². The van der Waals surface area contributed by atoms with Gasteiger partial charge in [0.1, 0.15) is 12.4 Å². The highest BCUT2D eigenvalue weighted by Crippen LogP contribution is 2.29. The van der Waals surface area contributed by atoms with Gasteiger partial charge in [-0.05, 0) is 37.0 Å². The molecule has 1 aliphatic heterocycles. The van der Waals surface area contributed by atoms with Crippen molar-refractivity contribution in [2.75, 3.05) is 13.2 Å². The maximum atomic E-state index is 12.8. The molecule has 1 aromatic heterocycles. The number of rotatable bonds is 9. The van der Waals surface area contributed by atoms with E-state index in [1.807, 2.05) is 60.0 Å². The fourth-order valence-electron chi connectivity index (χ4n) is 4.02. The third-order valence-corrected chi connectivity index (χ3v) is 5.78. The van der Waals surface area contributed by atoms with Crippen LogP contribution in [0.15, 0.2) is 65.6 Å². The van der Waals surface area contributed by atoms with Crippen LogP contribution in [0.1, 0.15) is 41.6 Å². The van der Waals surface area contributed by atoms with Crippen LogP contribution in [-0.2, 0) is 24.3 Å². The monoisotopic (exact) mass is 449 g/mol. The Bertz CT molecular complexity index is 1100. The predicted octanol–water partition coefficient (Wildman–Crippen LogP) is 4.22. The summed E-state index contributed by atoms with van der Waals surface area (Å²) >= 11 is 0. The number of aliphatic hydroxyl groups is 1. The van der Waals surface area contributed by atoms with Crippen LogP contribution in [0.2, 0.25) is 0 Å². The molecule has 0 saturated carbocycles. The maximum Gasteiger partial charge on any atom is 0.223 e. The van der Waals surface area contributed by atoms with E-state index in [1.54, 1.807) is 6.20 Å². The summed E-state index contributed by atoms with van der Waals surface area (Å²) in [5, 5.41) is 9.60. The molecule has 0 bridgehead atoms. The van der Waals surface area contributed by atoms with Crippen LogP contribution in [0.5, 0.6) is 11.5 Å². The SMILES string of the molecule is Cc1ccc(Cc2c(OCc3ccccc3)c(=O)ccn2CCO)c(OC2CCCCO2)c1. The summed E-state index contributed by atoms with van der Waals surface area (Å²) in [4.78, 5) is 12.8. The molecule has 6 heteroatoms. The van der Waals surface area contributed by atoms with Crippen molar-refractivity contribution in [3.63, 3.8) is 0 Å². The third-order valence-electron chi connectivity index (χ3n) is 5.78. The molecular formula is C27H31NO5. The fourth-order valence-corrected chi connectivity index (χ4v) is 4.02. The zero-order valence-corrected chi connectivity index (χ0v) is 19.0. The van der Waals surface area contributed by atoms with Crippen LogP contribution in [-0.4, -0.2) is 29.2 Å².